The standard InChI is InChI=1S/C11H16N2/c1-8(2)9-5-10(7-13-6-9)11(12)3-4-11/h5-8H,3-4,12H2,1-2H3. The molecule has 0 saturated heterocycles. The first-order valence-corrected chi connectivity index (χ1v) is 4.86. The lowest BCUT2D eigenvalue weighted by atomic mass is 10.0. The molecule has 13 heavy (non-hydrogen) atoms. The van der Waals surface area contributed by atoms with Crippen molar-refractivity contribution in [2.45, 2.75) is 38.1 Å². The molecule has 0 aliphatic heterocycles. The molecule has 0 amide bonds. The van der Waals surface area contributed by atoms with Crippen molar-refractivity contribution >= 4 is 0 Å². The van der Waals surface area contributed by atoms with Crippen LogP contribution in [0.3, 0.4) is 0 Å². The maximum Gasteiger partial charge on any atom is 0.0426 e. The summed E-state index contributed by atoms with van der Waals surface area (Å²) in [6.45, 7) is 4.35. The highest BCUT2D eigenvalue weighted by Crippen LogP contribution is 2.42. The Morgan fingerprint density at radius 1 is 1.38 bits per heavy atom. The van der Waals surface area contributed by atoms with Crippen molar-refractivity contribution in [3.8, 4) is 0 Å². The Bertz CT molecular complexity index is 314. The van der Waals surface area contributed by atoms with Crippen LogP contribution in [0.1, 0.15) is 43.7 Å². The van der Waals surface area contributed by atoms with Gasteiger partial charge in [0.2, 0.25) is 0 Å². The van der Waals surface area contributed by atoms with E-state index in [9.17, 15) is 0 Å². The minimum atomic E-state index is -0.0437. The fourth-order valence-electron chi connectivity index (χ4n) is 1.47. The molecule has 2 rings (SSSR count). The molecule has 0 atom stereocenters. The largest absolute Gasteiger partial charge is 0.321 e. The molecule has 0 aromatic carbocycles. The number of nitrogens with two attached hydrogens (primary N) is 1. The van der Waals surface area contributed by atoms with Gasteiger partial charge in [0.05, 0.1) is 0 Å². The fourth-order valence-corrected chi connectivity index (χ4v) is 1.47. The SMILES string of the molecule is CC(C)c1cncc(C2(N)CC2)c1. The molecule has 1 aromatic heterocycles. The van der Waals surface area contributed by atoms with Crippen LogP contribution in [0.5, 0.6) is 0 Å². The second kappa shape index (κ2) is 2.81. The molecule has 1 aromatic rings. The average Bonchev–Trinajstić information content (AvgIpc) is 2.85. The van der Waals surface area contributed by atoms with Crippen molar-refractivity contribution in [3.05, 3.63) is 29.6 Å². The Morgan fingerprint density at radius 2 is 2.08 bits per heavy atom. The summed E-state index contributed by atoms with van der Waals surface area (Å²) in [7, 11) is 0. The molecule has 1 saturated carbocycles. The normalized spacial score (nSPS) is 19.1. The van der Waals surface area contributed by atoms with Crippen molar-refractivity contribution in [3.63, 3.8) is 0 Å². The van der Waals surface area contributed by atoms with Gasteiger partial charge in [0, 0.05) is 17.9 Å². The van der Waals surface area contributed by atoms with E-state index >= 15 is 0 Å². The quantitative estimate of drug-likeness (QED) is 0.750. The maximum absolute atomic E-state index is 6.10. The zero-order chi connectivity index (χ0) is 9.47. The highest BCUT2D eigenvalue weighted by atomic mass is 14.8. The van der Waals surface area contributed by atoms with Gasteiger partial charge in [0.15, 0.2) is 0 Å². The van der Waals surface area contributed by atoms with Gasteiger partial charge in [-0.3, -0.25) is 4.98 Å². The van der Waals surface area contributed by atoms with Crippen LogP contribution in [-0.2, 0) is 5.54 Å². The van der Waals surface area contributed by atoms with Gasteiger partial charge >= 0.3 is 0 Å². The molecule has 0 bridgehead atoms. The van der Waals surface area contributed by atoms with Crippen LogP contribution < -0.4 is 5.73 Å². The Kier molecular flexibility index (Phi) is 1.88. The van der Waals surface area contributed by atoms with E-state index in [4.69, 9.17) is 5.73 Å². The van der Waals surface area contributed by atoms with E-state index in [-0.39, 0.29) is 5.54 Å². The zero-order valence-electron chi connectivity index (χ0n) is 8.25. The van der Waals surface area contributed by atoms with Crippen molar-refractivity contribution in [2.24, 2.45) is 5.73 Å². The second-order valence-electron chi connectivity index (χ2n) is 4.32. The van der Waals surface area contributed by atoms with E-state index in [1.165, 1.54) is 11.1 Å². The molecule has 0 radical (unpaired) electrons. The molecule has 2 nitrogen and oxygen atoms in total. The predicted octanol–water partition coefficient (Wildman–Crippen LogP) is 2.15. The third-order valence-corrected chi connectivity index (χ3v) is 2.79. The maximum atomic E-state index is 6.10. The topological polar surface area (TPSA) is 38.9 Å². The van der Waals surface area contributed by atoms with E-state index in [0.717, 1.165) is 12.8 Å². The number of rotatable bonds is 2. The second-order valence-corrected chi connectivity index (χ2v) is 4.32. The average molecular weight is 176 g/mol. The molecule has 2 heteroatoms. The monoisotopic (exact) mass is 176 g/mol. The molecule has 0 unspecified atom stereocenters. The van der Waals surface area contributed by atoms with Gasteiger partial charge in [-0.05, 0) is 29.9 Å². The van der Waals surface area contributed by atoms with Crippen molar-refractivity contribution in [1.82, 2.24) is 4.98 Å². The Hall–Kier alpha value is -0.890. The molecule has 1 heterocycles. The molecular weight excluding hydrogens is 160 g/mol. The van der Waals surface area contributed by atoms with Crippen LogP contribution in [0.2, 0.25) is 0 Å². The molecular formula is C11H16N2. The number of aromatic nitrogens is 1. The summed E-state index contributed by atoms with van der Waals surface area (Å²) in [6.07, 6.45) is 6.05. The molecule has 70 valence electrons. The summed E-state index contributed by atoms with van der Waals surface area (Å²) in [5.74, 6) is 0.537. The van der Waals surface area contributed by atoms with Crippen LogP contribution in [-0.4, -0.2) is 4.98 Å². The summed E-state index contributed by atoms with van der Waals surface area (Å²) >= 11 is 0. The zero-order valence-corrected chi connectivity index (χ0v) is 8.25. The molecule has 0 spiro atoms. The van der Waals surface area contributed by atoms with E-state index in [1.54, 1.807) is 0 Å². The van der Waals surface area contributed by atoms with Gasteiger partial charge in [0.1, 0.15) is 0 Å². The third-order valence-electron chi connectivity index (χ3n) is 2.79. The highest BCUT2D eigenvalue weighted by molar-refractivity contribution is 5.30. The Labute approximate surface area is 79.2 Å². The Balaban J connectivity index is 2.33. The first-order chi connectivity index (χ1) is 6.12. The van der Waals surface area contributed by atoms with Crippen molar-refractivity contribution < 1.29 is 0 Å². The summed E-state index contributed by atoms with van der Waals surface area (Å²) in [5, 5.41) is 0. The molecule has 2 N–H and O–H groups in total. The summed E-state index contributed by atoms with van der Waals surface area (Å²) in [5.41, 5.74) is 8.55. The minimum Gasteiger partial charge on any atom is -0.321 e. The molecule has 1 fully saturated rings. The summed E-state index contributed by atoms with van der Waals surface area (Å²) < 4.78 is 0. The highest BCUT2D eigenvalue weighted by Gasteiger charge is 2.40. The van der Waals surface area contributed by atoms with Gasteiger partial charge in [-0.1, -0.05) is 19.9 Å². The lowest BCUT2D eigenvalue weighted by Gasteiger charge is -2.11. The van der Waals surface area contributed by atoms with Crippen LogP contribution >= 0.6 is 0 Å². The lowest BCUT2D eigenvalue weighted by Crippen LogP contribution is -2.19. The van der Waals surface area contributed by atoms with Gasteiger partial charge in [-0.15, -0.1) is 0 Å². The van der Waals surface area contributed by atoms with Crippen LogP contribution in [0, 0.1) is 0 Å². The first-order valence-electron chi connectivity index (χ1n) is 4.86. The number of pyridine rings is 1. The minimum absolute atomic E-state index is 0.0437. The first kappa shape index (κ1) is 8.70. The van der Waals surface area contributed by atoms with Crippen molar-refractivity contribution in [1.29, 1.82) is 0 Å². The van der Waals surface area contributed by atoms with Gasteiger partial charge in [-0.2, -0.15) is 0 Å². The smallest absolute Gasteiger partial charge is 0.0426 e. The van der Waals surface area contributed by atoms with E-state index in [2.05, 4.69) is 24.9 Å². The van der Waals surface area contributed by atoms with Gasteiger partial charge in [0.25, 0.3) is 0 Å². The van der Waals surface area contributed by atoms with Crippen LogP contribution in [0.15, 0.2) is 18.5 Å². The van der Waals surface area contributed by atoms with Crippen LogP contribution in [0.4, 0.5) is 0 Å². The summed E-state index contributed by atoms with van der Waals surface area (Å²) in [6, 6.07) is 2.20. The van der Waals surface area contributed by atoms with E-state index in [0.29, 0.717) is 5.92 Å². The van der Waals surface area contributed by atoms with Crippen LogP contribution in [0.25, 0.3) is 0 Å². The van der Waals surface area contributed by atoms with Gasteiger partial charge in [-0.25, -0.2) is 0 Å². The summed E-state index contributed by atoms with van der Waals surface area (Å²) in [4.78, 5) is 4.23. The third kappa shape index (κ3) is 1.59. The van der Waals surface area contributed by atoms with E-state index < -0.39 is 0 Å². The predicted molar refractivity (Wildman–Crippen MR) is 53.4 cm³/mol. The number of nitrogens with zero attached hydrogens (tertiary/aromatic N) is 1. The van der Waals surface area contributed by atoms with Gasteiger partial charge < -0.3 is 5.73 Å². The van der Waals surface area contributed by atoms with Crippen molar-refractivity contribution in [2.75, 3.05) is 0 Å². The fraction of sp³-hybridized carbons (Fsp3) is 0.545. The number of hydrogen-bond donors (Lipinski definition) is 1. The van der Waals surface area contributed by atoms with E-state index in [1.807, 2.05) is 12.4 Å². The Morgan fingerprint density at radius 3 is 2.62 bits per heavy atom. The number of hydrogen-bond acceptors (Lipinski definition) is 2. The lowest BCUT2D eigenvalue weighted by molar-refractivity contribution is 0.727. The molecule has 1 aliphatic carbocycles. The molecule has 1 aliphatic rings.